The van der Waals surface area contributed by atoms with Gasteiger partial charge in [-0.3, -0.25) is 0 Å². The van der Waals surface area contributed by atoms with E-state index in [1.807, 2.05) is 4.90 Å². The molecule has 0 bridgehead atoms. The van der Waals surface area contributed by atoms with Gasteiger partial charge < -0.3 is 20.0 Å². The quantitative estimate of drug-likeness (QED) is 0.409. The third-order valence-electron chi connectivity index (χ3n) is 8.31. The molecule has 6 rings (SSSR count). The number of nitrogens with zero attached hydrogens (tertiary/aromatic N) is 6. The Morgan fingerprint density at radius 2 is 1.84 bits per heavy atom. The number of rotatable bonds is 8. The van der Waals surface area contributed by atoms with Crippen molar-refractivity contribution in [3.05, 3.63) is 65.5 Å². The van der Waals surface area contributed by atoms with Gasteiger partial charge in [0.25, 0.3) is 0 Å². The van der Waals surface area contributed by atoms with Crippen LogP contribution < -0.4 is 15.1 Å². The van der Waals surface area contributed by atoms with E-state index in [4.69, 9.17) is 0 Å². The van der Waals surface area contributed by atoms with Gasteiger partial charge in [-0.15, -0.1) is 0 Å². The number of likely N-dealkylation sites (tertiary alicyclic amines) is 1. The van der Waals surface area contributed by atoms with E-state index in [0.717, 1.165) is 42.3 Å². The zero-order chi connectivity index (χ0) is 26.1. The van der Waals surface area contributed by atoms with E-state index in [1.165, 1.54) is 62.6 Å². The molecule has 200 valence electrons. The lowest BCUT2D eigenvalue weighted by molar-refractivity contribution is 0.330. The number of anilines is 4. The first-order valence-electron chi connectivity index (χ1n) is 14.0. The van der Waals surface area contributed by atoms with Gasteiger partial charge in [-0.25, -0.2) is 19.3 Å². The van der Waals surface area contributed by atoms with Gasteiger partial charge in [-0.1, -0.05) is 19.9 Å². The van der Waals surface area contributed by atoms with Crippen molar-refractivity contribution in [2.45, 2.75) is 57.9 Å². The topological polar surface area (TPSA) is 60.4 Å². The molecule has 0 radical (unpaired) electrons. The fourth-order valence-electron chi connectivity index (χ4n) is 6.32. The van der Waals surface area contributed by atoms with Crippen LogP contribution in [0.15, 0.2) is 42.9 Å². The molecule has 8 heteroatoms. The van der Waals surface area contributed by atoms with E-state index in [9.17, 15) is 4.39 Å². The second-order valence-electron chi connectivity index (χ2n) is 11.5. The van der Waals surface area contributed by atoms with Crippen LogP contribution in [0.25, 0.3) is 0 Å². The highest BCUT2D eigenvalue weighted by Gasteiger charge is 2.35. The highest BCUT2D eigenvalue weighted by Crippen LogP contribution is 2.42. The average molecular weight is 516 g/mol. The smallest absolute Gasteiger partial charge is 0.165 e. The molecule has 1 saturated heterocycles. The fourth-order valence-corrected chi connectivity index (χ4v) is 6.32. The number of pyridine rings is 1. The van der Waals surface area contributed by atoms with Crippen LogP contribution >= 0.6 is 0 Å². The lowest BCUT2D eigenvalue weighted by Gasteiger charge is -2.30. The minimum Gasteiger partial charge on any atom is -0.370 e. The van der Waals surface area contributed by atoms with Crippen molar-refractivity contribution < 1.29 is 4.39 Å². The van der Waals surface area contributed by atoms with Crippen LogP contribution in [-0.4, -0.2) is 59.1 Å². The molecular weight excluding hydrogens is 477 g/mol. The summed E-state index contributed by atoms with van der Waals surface area (Å²) in [5, 5.41) is 3.59. The maximum atomic E-state index is 14.3. The monoisotopic (exact) mass is 515 g/mol. The Hall–Kier alpha value is -3.26. The summed E-state index contributed by atoms with van der Waals surface area (Å²) in [6.45, 7) is 11.8. The molecule has 0 amide bonds. The largest absolute Gasteiger partial charge is 0.370 e. The summed E-state index contributed by atoms with van der Waals surface area (Å²) in [5.41, 5.74) is 5.95. The van der Waals surface area contributed by atoms with Crippen molar-refractivity contribution in [3.8, 4) is 0 Å². The molecule has 0 atom stereocenters. The summed E-state index contributed by atoms with van der Waals surface area (Å²) < 4.78 is 14.3. The maximum absolute atomic E-state index is 14.3. The molecule has 0 saturated carbocycles. The Morgan fingerprint density at radius 1 is 1.00 bits per heavy atom. The molecule has 0 unspecified atom stereocenters. The Balaban J connectivity index is 1.16. The molecule has 3 aliphatic rings. The highest BCUT2D eigenvalue weighted by molar-refractivity contribution is 5.71. The van der Waals surface area contributed by atoms with Crippen molar-refractivity contribution in [1.29, 1.82) is 0 Å². The number of hydrogen-bond acceptors (Lipinski definition) is 7. The van der Waals surface area contributed by atoms with Gasteiger partial charge >= 0.3 is 0 Å². The van der Waals surface area contributed by atoms with Crippen LogP contribution in [0.2, 0.25) is 0 Å². The Kier molecular flexibility index (Phi) is 6.91. The molecule has 7 nitrogen and oxygen atoms in total. The van der Waals surface area contributed by atoms with Crippen molar-refractivity contribution in [3.63, 3.8) is 0 Å². The molecule has 38 heavy (non-hydrogen) atoms. The zero-order valence-corrected chi connectivity index (χ0v) is 22.6. The van der Waals surface area contributed by atoms with E-state index in [0.29, 0.717) is 18.9 Å². The van der Waals surface area contributed by atoms with E-state index in [-0.39, 0.29) is 11.2 Å². The zero-order valence-electron chi connectivity index (χ0n) is 22.6. The number of aromatic nitrogens is 3. The predicted octanol–water partition coefficient (Wildman–Crippen LogP) is 5.29. The Bertz CT molecular complexity index is 1290. The molecule has 1 fully saturated rings. The van der Waals surface area contributed by atoms with Crippen LogP contribution in [-0.2, 0) is 18.4 Å². The molecule has 1 N–H and O–H groups in total. The first kappa shape index (κ1) is 25.0. The van der Waals surface area contributed by atoms with E-state index in [2.05, 4.69) is 62.1 Å². The van der Waals surface area contributed by atoms with Crippen molar-refractivity contribution in [2.75, 3.05) is 54.4 Å². The number of fused-ring (bicyclic) bond motifs is 2. The van der Waals surface area contributed by atoms with Crippen molar-refractivity contribution in [1.82, 2.24) is 19.9 Å². The van der Waals surface area contributed by atoms with Gasteiger partial charge in [0.05, 0.1) is 12.2 Å². The first-order valence-corrected chi connectivity index (χ1v) is 14.0. The lowest BCUT2D eigenvalue weighted by Crippen LogP contribution is -2.33. The predicted molar refractivity (Wildman–Crippen MR) is 151 cm³/mol. The highest BCUT2D eigenvalue weighted by atomic mass is 19.1. The number of hydrogen-bond donors (Lipinski definition) is 1. The number of halogens is 1. The summed E-state index contributed by atoms with van der Waals surface area (Å²) in [5.74, 6) is 0.920. The summed E-state index contributed by atoms with van der Waals surface area (Å²) in [4.78, 5) is 20.5. The van der Waals surface area contributed by atoms with Crippen molar-refractivity contribution >= 4 is 23.0 Å². The number of benzene rings is 1. The SMILES string of the molecule is CC1(C)CN(CCCCN2CCCC2)c2cc(Nc3ncnc4c3CCN(c3ncccc3F)C4)ccc21. The van der Waals surface area contributed by atoms with Gasteiger partial charge in [0.15, 0.2) is 11.6 Å². The molecule has 0 spiro atoms. The lowest BCUT2D eigenvalue weighted by atomic mass is 9.87. The second-order valence-corrected chi connectivity index (χ2v) is 11.5. The minimum absolute atomic E-state index is 0.140. The van der Waals surface area contributed by atoms with Gasteiger partial charge in [-0.05, 0) is 81.6 Å². The molecule has 2 aromatic heterocycles. The van der Waals surface area contributed by atoms with Gasteiger partial charge in [0.1, 0.15) is 12.1 Å². The van der Waals surface area contributed by atoms with Gasteiger partial charge in [-0.2, -0.15) is 0 Å². The standard InChI is InChI=1S/C30H38FN7/c1-30(2)20-38(16-6-5-15-36-13-3-4-14-36)27-18-22(9-10-24(27)30)35-28-23-11-17-37(19-26(23)33-21-34-28)29-25(31)8-7-12-32-29/h7-10,12,18,21H,3-6,11,13-17,19-20H2,1-2H3,(H,33,34,35). The molecule has 3 aromatic rings. The summed E-state index contributed by atoms with van der Waals surface area (Å²) >= 11 is 0. The van der Waals surface area contributed by atoms with Crippen LogP contribution in [0.3, 0.4) is 0 Å². The number of nitrogens with one attached hydrogen (secondary N) is 1. The third-order valence-corrected chi connectivity index (χ3v) is 8.31. The normalized spacial score (nSPS) is 18.5. The van der Waals surface area contributed by atoms with Gasteiger partial charge in [0, 0.05) is 48.2 Å². The Morgan fingerprint density at radius 3 is 2.68 bits per heavy atom. The number of unbranched alkanes of at least 4 members (excludes halogenated alkanes) is 1. The second kappa shape index (κ2) is 10.5. The van der Waals surface area contributed by atoms with E-state index < -0.39 is 0 Å². The van der Waals surface area contributed by atoms with Crippen LogP contribution in [0.1, 0.15) is 56.4 Å². The fraction of sp³-hybridized carbons (Fsp3) is 0.500. The average Bonchev–Trinajstić information content (AvgIpc) is 3.52. The molecular formula is C30H38FN7. The molecule has 5 heterocycles. The Labute approximate surface area is 225 Å². The van der Waals surface area contributed by atoms with E-state index in [1.54, 1.807) is 18.6 Å². The van der Waals surface area contributed by atoms with E-state index >= 15 is 0 Å². The van der Waals surface area contributed by atoms with Crippen LogP contribution in [0, 0.1) is 5.82 Å². The van der Waals surface area contributed by atoms with Crippen LogP contribution in [0.5, 0.6) is 0 Å². The van der Waals surface area contributed by atoms with Crippen molar-refractivity contribution in [2.24, 2.45) is 0 Å². The first-order chi connectivity index (χ1) is 18.5. The maximum Gasteiger partial charge on any atom is 0.165 e. The molecule has 0 aliphatic carbocycles. The third kappa shape index (κ3) is 5.06. The summed E-state index contributed by atoms with van der Waals surface area (Å²) in [6, 6.07) is 9.81. The summed E-state index contributed by atoms with van der Waals surface area (Å²) in [7, 11) is 0. The minimum atomic E-state index is -0.301. The van der Waals surface area contributed by atoms with Gasteiger partial charge in [0.2, 0.25) is 0 Å². The molecule has 3 aliphatic heterocycles. The summed E-state index contributed by atoms with van der Waals surface area (Å²) in [6.07, 6.45) is 9.17. The van der Waals surface area contributed by atoms with Crippen LogP contribution in [0.4, 0.5) is 27.4 Å². The molecule has 1 aromatic carbocycles.